The maximum Gasteiger partial charge on any atom is 0.350 e. The smallest absolute Gasteiger partial charge is 0.333 e. The molecule has 0 bridgehead atoms. The Morgan fingerprint density at radius 3 is 2.71 bits per heavy atom. The van der Waals surface area contributed by atoms with Crippen LogP contribution < -0.4 is 11.0 Å². The number of nitrogens with one attached hydrogen (secondary N) is 1. The second kappa shape index (κ2) is 8.78. The minimum Gasteiger partial charge on any atom is -0.333 e. The van der Waals surface area contributed by atoms with Crippen LogP contribution in [0, 0.1) is 6.92 Å². The molecule has 0 aliphatic carbocycles. The van der Waals surface area contributed by atoms with E-state index >= 15 is 0 Å². The third kappa shape index (κ3) is 4.11. The number of carbonyl (C=O) groups is 1. The van der Waals surface area contributed by atoms with Crippen LogP contribution in [0.1, 0.15) is 18.1 Å². The summed E-state index contributed by atoms with van der Waals surface area (Å²) >= 11 is 0. The maximum atomic E-state index is 12.9. The summed E-state index contributed by atoms with van der Waals surface area (Å²) < 4.78 is 7.95. The van der Waals surface area contributed by atoms with Crippen LogP contribution in [0.4, 0.5) is 5.69 Å². The van der Waals surface area contributed by atoms with Gasteiger partial charge < -0.3 is 9.84 Å². The lowest BCUT2D eigenvalue weighted by Crippen LogP contribution is -2.28. The number of fused-ring (bicyclic) bond motifs is 1. The maximum absolute atomic E-state index is 12.9. The van der Waals surface area contributed by atoms with Gasteiger partial charge in [0, 0.05) is 17.4 Å². The van der Waals surface area contributed by atoms with Crippen LogP contribution in [-0.2, 0) is 17.8 Å². The molecule has 0 saturated carbocycles. The number of hydrogen-bond donors (Lipinski definition) is 1. The van der Waals surface area contributed by atoms with Crippen LogP contribution >= 0.6 is 0 Å². The molecular formula is C25H22N6O3. The van der Waals surface area contributed by atoms with Gasteiger partial charge in [0.1, 0.15) is 6.54 Å². The van der Waals surface area contributed by atoms with Crippen molar-refractivity contribution >= 4 is 17.2 Å². The summed E-state index contributed by atoms with van der Waals surface area (Å²) in [6, 6.07) is 18.8. The third-order valence-electron chi connectivity index (χ3n) is 5.49. The first kappa shape index (κ1) is 21.3. The number of benzene rings is 2. The molecule has 0 spiro atoms. The van der Waals surface area contributed by atoms with Gasteiger partial charge >= 0.3 is 5.69 Å². The highest BCUT2D eigenvalue weighted by molar-refractivity contribution is 5.90. The number of pyridine rings is 1. The van der Waals surface area contributed by atoms with Crippen molar-refractivity contribution in [3.8, 4) is 22.8 Å². The molecule has 5 aromatic rings. The molecule has 0 radical (unpaired) electrons. The first-order valence-corrected chi connectivity index (χ1v) is 10.9. The fourth-order valence-corrected chi connectivity index (χ4v) is 3.67. The van der Waals surface area contributed by atoms with Gasteiger partial charge in [0.25, 0.3) is 5.89 Å². The third-order valence-corrected chi connectivity index (χ3v) is 5.49. The van der Waals surface area contributed by atoms with E-state index in [-0.39, 0.29) is 18.3 Å². The summed E-state index contributed by atoms with van der Waals surface area (Å²) in [4.78, 5) is 29.9. The van der Waals surface area contributed by atoms with Crippen molar-refractivity contribution in [2.45, 2.75) is 26.8 Å². The predicted octanol–water partition coefficient (Wildman–Crippen LogP) is 3.72. The van der Waals surface area contributed by atoms with Crippen molar-refractivity contribution in [2.75, 3.05) is 5.32 Å². The Kier molecular flexibility index (Phi) is 5.51. The molecule has 0 fully saturated rings. The van der Waals surface area contributed by atoms with Crippen molar-refractivity contribution in [1.29, 1.82) is 0 Å². The Morgan fingerprint density at radius 1 is 1.09 bits per heavy atom. The molecule has 5 rings (SSSR count). The van der Waals surface area contributed by atoms with E-state index in [4.69, 9.17) is 4.52 Å². The van der Waals surface area contributed by atoms with Gasteiger partial charge in [-0.25, -0.2) is 13.9 Å². The van der Waals surface area contributed by atoms with Crippen LogP contribution in [0.3, 0.4) is 0 Å². The molecule has 0 unspecified atom stereocenters. The average molecular weight is 454 g/mol. The number of carbonyl (C=O) groups excluding carboxylic acids is 1. The lowest BCUT2D eigenvalue weighted by molar-refractivity contribution is -0.117. The lowest BCUT2D eigenvalue weighted by atomic mass is 10.1. The van der Waals surface area contributed by atoms with E-state index in [2.05, 4.69) is 20.6 Å². The molecule has 9 nitrogen and oxygen atoms in total. The van der Waals surface area contributed by atoms with Crippen LogP contribution in [0.15, 0.2) is 76.2 Å². The highest BCUT2D eigenvalue weighted by Gasteiger charge is 2.18. The van der Waals surface area contributed by atoms with Gasteiger partial charge in [-0.1, -0.05) is 54.0 Å². The number of aryl methyl sites for hydroxylation is 2. The van der Waals surface area contributed by atoms with Gasteiger partial charge in [0.2, 0.25) is 11.7 Å². The summed E-state index contributed by atoms with van der Waals surface area (Å²) in [5.74, 6) is 0.325. The second-order valence-electron chi connectivity index (χ2n) is 7.95. The van der Waals surface area contributed by atoms with Crippen molar-refractivity contribution in [3.05, 3.63) is 88.5 Å². The number of nitrogens with zero attached hydrogens (tertiary/aromatic N) is 5. The largest absolute Gasteiger partial charge is 0.350 e. The lowest BCUT2D eigenvalue weighted by Gasteiger charge is -2.06. The zero-order chi connectivity index (χ0) is 23.7. The van der Waals surface area contributed by atoms with E-state index in [1.807, 2.05) is 62.4 Å². The van der Waals surface area contributed by atoms with Gasteiger partial charge in [-0.15, -0.1) is 5.10 Å². The predicted molar refractivity (Wildman–Crippen MR) is 127 cm³/mol. The van der Waals surface area contributed by atoms with E-state index in [1.54, 1.807) is 18.3 Å². The van der Waals surface area contributed by atoms with E-state index in [9.17, 15) is 9.59 Å². The van der Waals surface area contributed by atoms with Gasteiger partial charge in [-0.3, -0.25) is 4.79 Å². The molecule has 170 valence electrons. The van der Waals surface area contributed by atoms with Crippen LogP contribution in [-0.4, -0.2) is 30.2 Å². The quantitative estimate of drug-likeness (QED) is 0.419. The molecule has 3 aromatic heterocycles. The molecule has 1 N–H and O–H groups in total. The van der Waals surface area contributed by atoms with Crippen LogP contribution in [0.2, 0.25) is 0 Å². The topological polar surface area (TPSA) is 107 Å². The minimum atomic E-state index is -0.437. The Morgan fingerprint density at radius 2 is 1.91 bits per heavy atom. The van der Waals surface area contributed by atoms with E-state index in [1.165, 1.54) is 4.40 Å². The normalized spacial score (nSPS) is 11.1. The average Bonchev–Trinajstić information content (AvgIpc) is 3.45. The highest BCUT2D eigenvalue weighted by Crippen LogP contribution is 2.24. The molecule has 0 aliphatic heterocycles. The fourth-order valence-electron chi connectivity index (χ4n) is 3.67. The molecule has 2 aromatic carbocycles. The number of anilines is 1. The summed E-state index contributed by atoms with van der Waals surface area (Å²) in [6.45, 7) is 3.82. The Hall–Kier alpha value is -4.53. The summed E-state index contributed by atoms with van der Waals surface area (Å²) in [7, 11) is 0. The van der Waals surface area contributed by atoms with E-state index in [0.29, 0.717) is 22.7 Å². The number of rotatable bonds is 6. The van der Waals surface area contributed by atoms with Gasteiger partial charge in [0.15, 0.2) is 5.65 Å². The van der Waals surface area contributed by atoms with Crippen molar-refractivity contribution in [3.63, 3.8) is 0 Å². The molecule has 0 saturated heterocycles. The zero-order valence-corrected chi connectivity index (χ0v) is 18.7. The monoisotopic (exact) mass is 454 g/mol. The molecular weight excluding hydrogens is 432 g/mol. The summed E-state index contributed by atoms with van der Waals surface area (Å²) in [6.07, 6.45) is 2.45. The summed E-state index contributed by atoms with van der Waals surface area (Å²) in [5, 5.41) is 11.3. The van der Waals surface area contributed by atoms with Crippen molar-refractivity contribution < 1.29 is 9.32 Å². The standard InChI is InChI=1S/C25H22N6O3/c1-3-17-6-4-7-19(14-17)26-21(32)15-31-25(33)30-13-5-8-20(23(30)28-31)24-27-22(29-34-24)18-11-9-16(2)10-12-18/h4-14H,3,15H2,1-2H3,(H,26,32). The van der Waals surface area contributed by atoms with Crippen LogP contribution in [0.5, 0.6) is 0 Å². The first-order chi connectivity index (χ1) is 16.5. The van der Waals surface area contributed by atoms with Gasteiger partial charge in [0.05, 0.1) is 5.56 Å². The molecule has 9 heteroatoms. The van der Waals surface area contributed by atoms with Crippen LogP contribution in [0.25, 0.3) is 28.5 Å². The van der Waals surface area contributed by atoms with Gasteiger partial charge in [-0.2, -0.15) is 4.98 Å². The van der Waals surface area contributed by atoms with E-state index < -0.39 is 5.69 Å². The van der Waals surface area contributed by atoms with Crippen molar-refractivity contribution in [2.24, 2.45) is 0 Å². The number of aromatic nitrogens is 5. The SMILES string of the molecule is CCc1cccc(NC(=O)Cn2nc3c(-c4nc(-c5ccc(C)cc5)no4)cccn3c2=O)c1. The molecule has 1 amide bonds. The molecule has 34 heavy (non-hydrogen) atoms. The van der Waals surface area contributed by atoms with Gasteiger partial charge in [-0.05, 0) is 43.2 Å². The Balaban J connectivity index is 1.43. The molecule has 3 heterocycles. The second-order valence-corrected chi connectivity index (χ2v) is 7.95. The minimum absolute atomic E-state index is 0.227. The van der Waals surface area contributed by atoms with Crippen molar-refractivity contribution in [1.82, 2.24) is 24.3 Å². The fraction of sp³-hybridized carbons (Fsp3) is 0.160. The molecule has 0 aliphatic rings. The molecule has 0 atom stereocenters. The highest BCUT2D eigenvalue weighted by atomic mass is 16.5. The number of amides is 1. The number of hydrogen-bond acceptors (Lipinski definition) is 6. The Bertz CT molecular complexity index is 1550. The van der Waals surface area contributed by atoms with E-state index in [0.717, 1.165) is 27.8 Å². The zero-order valence-electron chi connectivity index (χ0n) is 18.7. The summed E-state index contributed by atoms with van der Waals surface area (Å²) in [5.41, 5.74) is 4.12. The first-order valence-electron chi connectivity index (χ1n) is 10.9. The Labute approximate surface area is 194 Å².